The first-order valence-electron chi connectivity index (χ1n) is 9.30. The summed E-state index contributed by atoms with van der Waals surface area (Å²) < 4.78 is 52.8. The molecule has 1 aliphatic heterocycles. The van der Waals surface area contributed by atoms with E-state index in [9.17, 15) is 18.1 Å². The van der Waals surface area contributed by atoms with E-state index in [0.717, 1.165) is 27.9 Å². The van der Waals surface area contributed by atoms with Crippen molar-refractivity contribution in [3.63, 3.8) is 0 Å². The molecule has 2 heterocycles. The smallest absolute Gasteiger partial charge is 0.308 e. The molecule has 0 radical (unpaired) electrons. The topological polar surface area (TPSA) is 55.8 Å². The summed E-state index contributed by atoms with van der Waals surface area (Å²) >= 11 is 7.51. The van der Waals surface area contributed by atoms with Crippen LogP contribution in [0.1, 0.15) is 17.6 Å². The second-order valence-corrected chi connectivity index (χ2v) is 10.2. The molecule has 162 valence electrons. The molecule has 4 rings (SSSR count). The highest BCUT2D eigenvalue weighted by Crippen LogP contribution is 2.64. The van der Waals surface area contributed by atoms with Crippen LogP contribution in [0, 0.1) is 11.6 Å². The Bertz CT molecular complexity index is 1210. The standard InChI is InChI=1S/C21H17ClF2NO4PS/c1-2-25(14-5-6-17(23)18(24)11-14)21(26)20(30(27)28-8-3-9-29-30)16-12-31-19-7-4-13(22)10-15(16)19/h2,4-7,10-12,20H,1,3,8-9H2. The number of carbonyl (C=O) groups is 1. The van der Waals surface area contributed by atoms with Crippen molar-refractivity contribution in [3.8, 4) is 0 Å². The van der Waals surface area contributed by atoms with Crippen molar-refractivity contribution >= 4 is 52.2 Å². The normalized spacial score (nSPS) is 16.7. The minimum Gasteiger partial charge on any atom is -0.308 e. The van der Waals surface area contributed by atoms with Gasteiger partial charge >= 0.3 is 7.60 Å². The van der Waals surface area contributed by atoms with Gasteiger partial charge in [-0.3, -0.25) is 14.3 Å². The molecule has 1 aliphatic rings. The van der Waals surface area contributed by atoms with Crippen LogP contribution in [0.2, 0.25) is 5.02 Å². The molecule has 0 spiro atoms. The van der Waals surface area contributed by atoms with Crippen LogP contribution in [-0.2, 0) is 18.4 Å². The second kappa shape index (κ2) is 8.81. The van der Waals surface area contributed by atoms with E-state index in [1.807, 2.05) is 0 Å². The van der Waals surface area contributed by atoms with Gasteiger partial charge in [-0.1, -0.05) is 18.2 Å². The summed E-state index contributed by atoms with van der Waals surface area (Å²) in [5.74, 6) is -2.88. The SMILES string of the molecule is C=CN(C(=O)C(c1csc2ccc(Cl)cc12)P1(=O)OCCCO1)c1ccc(F)c(F)c1. The first-order valence-corrected chi connectivity index (χ1v) is 12.2. The van der Waals surface area contributed by atoms with Crippen molar-refractivity contribution in [2.75, 3.05) is 18.1 Å². The van der Waals surface area contributed by atoms with E-state index in [1.54, 1.807) is 23.6 Å². The molecule has 31 heavy (non-hydrogen) atoms. The number of amides is 1. The third-order valence-corrected chi connectivity index (χ3v) is 8.28. The van der Waals surface area contributed by atoms with Gasteiger partial charge in [0.25, 0.3) is 5.91 Å². The van der Waals surface area contributed by atoms with E-state index in [1.165, 1.54) is 17.4 Å². The molecule has 2 aromatic carbocycles. The van der Waals surface area contributed by atoms with Gasteiger partial charge in [-0.15, -0.1) is 11.3 Å². The van der Waals surface area contributed by atoms with E-state index < -0.39 is 30.8 Å². The number of carbonyl (C=O) groups excluding carboxylic acids is 1. The lowest BCUT2D eigenvalue weighted by atomic mass is 10.1. The fraction of sp³-hybridized carbons (Fsp3) is 0.190. The molecule has 1 aromatic heterocycles. The van der Waals surface area contributed by atoms with Crippen molar-refractivity contribution in [2.45, 2.75) is 12.1 Å². The average Bonchev–Trinajstić information content (AvgIpc) is 3.14. The molecule has 0 aliphatic carbocycles. The Morgan fingerprint density at radius 2 is 1.94 bits per heavy atom. The van der Waals surface area contributed by atoms with Gasteiger partial charge in [-0.2, -0.15) is 0 Å². The van der Waals surface area contributed by atoms with Crippen LogP contribution < -0.4 is 4.90 Å². The van der Waals surface area contributed by atoms with E-state index in [4.69, 9.17) is 20.6 Å². The third-order valence-electron chi connectivity index (χ3n) is 4.84. The van der Waals surface area contributed by atoms with Gasteiger partial charge < -0.3 is 9.05 Å². The van der Waals surface area contributed by atoms with Gasteiger partial charge in [0.15, 0.2) is 17.3 Å². The molecule has 3 aromatic rings. The van der Waals surface area contributed by atoms with Crippen LogP contribution in [0.5, 0.6) is 0 Å². The summed E-state index contributed by atoms with van der Waals surface area (Å²) in [4.78, 5) is 14.7. The minimum absolute atomic E-state index is 0.0325. The van der Waals surface area contributed by atoms with Crippen LogP contribution in [0.15, 0.2) is 54.6 Å². The molecule has 0 bridgehead atoms. The van der Waals surface area contributed by atoms with Crippen molar-refractivity contribution in [3.05, 3.63) is 76.8 Å². The van der Waals surface area contributed by atoms with E-state index >= 15 is 0 Å². The number of hydrogen-bond donors (Lipinski definition) is 0. The lowest BCUT2D eigenvalue weighted by molar-refractivity contribution is -0.118. The Balaban J connectivity index is 1.86. The number of nitrogens with zero attached hydrogens (tertiary/aromatic N) is 1. The molecule has 1 unspecified atom stereocenters. The monoisotopic (exact) mass is 483 g/mol. The number of fused-ring (bicyclic) bond motifs is 1. The molecular weight excluding hydrogens is 467 g/mol. The van der Waals surface area contributed by atoms with Gasteiger partial charge in [0.1, 0.15) is 0 Å². The highest BCUT2D eigenvalue weighted by atomic mass is 35.5. The summed E-state index contributed by atoms with van der Waals surface area (Å²) in [7, 11) is -3.94. The zero-order valence-electron chi connectivity index (χ0n) is 16.1. The Morgan fingerprint density at radius 1 is 1.19 bits per heavy atom. The summed E-state index contributed by atoms with van der Waals surface area (Å²) in [6.45, 7) is 3.96. The molecular formula is C21H17ClF2NO4PS. The third kappa shape index (κ3) is 4.19. The first-order chi connectivity index (χ1) is 14.8. The lowest BCUT2D eigenvalue weighted by Crippen LogP contribution is -2.32. The minimum atomic E-state index is -3.94. The lowest BCUT2D eigenvalue weighted by Gasteiger charge is -2.32. The number of anilines is 1. The van der Waals surface area contributed by atoms with Gasteiger partial charge in [-0.05, 0) is 53.1 Å². The van der Waals surface area contributed by atoms with E-state index in [0.29, 0.717) is 22.4 Å². The second-order valence-electron chi connectivity index (χ2n) is 6.78. The number of thiophene rings is 1. The zero-order chi connectivity index (χ0) is 22.2. The molecule has 5 nitrogen and oxygen atoms in total. The number of hydrogen-bond acceptors (Lipinski definition) is 5. The van der Waals surface area contributed by atoms with Crippen LogP contribution in [0.3, 0.4) is 0 Å². The van der Waals surface area contributed by atoms with Crippen molar-refractivity contribution in [1.29, 1.82) is 0 Å². The van der Waals surface area contributed by atoms with E-state index in [-0.39, 0.29) is 18.9 Å². The van der Waals surface area contributed by atoms with Crippen molar-refractivity contribution in [2.24, 2.45) is 0 Å². The zero-order valence-corrected chi connectivity index (χ0v) is 18.6. The fourth-order valence-electron chi connectivity index (χ4n) is 3.39. The van der Waals surface area contributed by atoms with Crippen LogP contribution in [-0.4, -0.2) is 19.1 Å². The van der Waals surface area contributed by atoms with Gasteiger partial charge in [0, 0.05) is 22.0 Å². The average molecular weight is 484 g/mol. The first kappa shape index (κ1) is 22.1. The van der Waals surface area contributed by atoms with Crippen LogP contribution in [0.4, 0.5) is 14.5 Å². The van der Waals surface area contributed by atoms with Gasteiger partial charge in [-0.25, -0.2) is 8.78 Å². The molecule has 1 fully saturated rings. The summed E-state index contributed by atoms with van der Waals surface area (Å²) in [5, 5.41) is 2.79. The maximum absolute atomic E-state index is 13.8. The number of rotatable bonds is 5. The van der Waals surface area contributed by atoms with Crippen LogP contribution >= 0.6 is 30.5 Å². The number of benzene rings is 2. The van der Waals surface area contributed by atoms with Crippen molar-refractivity contribution in [1.82, 2.24) is 0 Å². The summed E-state index contributed by atoms with van der Waals surface area (Å²) in [6.07, 6.45) is 1.69. The molecule has 0 N–H and O–H groups in total. The predicted molar refractivity (Wildman–Crippen MR) is 118 cm³/mol. The van der Waals surface area contributed by atoms with Gasteiger partial charge in [0.2, 0.25) is 0 Å². The Hall–Kier alpha value is -2.09. The highest BCUT2D eigenvalue weighted by Gasteiger charge is 2.47. The Labute approximate surface area is 186 Å². The molecule has 1 amide bonds. The maximum atomic E-state index is 13.8. The Morgan fingerprint density at radius 3 is 2.61 bits per heavy atom. The highest BCUT2D eigenvalue weighted by molar-refractivity contribution is 7.55. The Kier molecular flexibility index (Phi) is 6.28. The van der Waals surface area contributed by atoms with Crippen molar-refractivity contribution < 1.29 is 27.2 Å². The maximum Gasteiger partial charge on any atom is 0.347 e. The number of halogens is 3. The summed E-state index contributed by atoms with van der Waals surface area (Å²) in [6, 6.07) is 8.19. The quantitative estimate of drug-likeness (QED) is 0.380. The van der Waals surface area contributed by atoms with E-state index in [2.05, 4.69) is 6.58 Å². The molecule has 10 heteroatoms. The molecule has 1 saturated heterocycles. The largest absolute Gasteiger partial charge is 0.347 e. The molecule has 1 atom stereocenters. The fourth-order valence-corrected chi connectivity index (χ4v) is 6.72. The molecule has 0 saturated carbocycles. The summed E-state index contributed by atoms with van der Waals surface area (Å²) in [5.41, 5.74) is -0.886. The predicted octanol–water partition coefficient (Wildman–Crippen LogP) is 6.68. The van der Waals surface area contributed by atoms with Crippen LogP contribution in [0.25, 0.3) is 10.1 Å². The van der Waals surface area contributed by atoms with Gasteiger partial charge in [0.05, 0.1) is 18.9 Å².